The van der Waals surface area contributed by atoms with Gasteiger partial charge in [0, 0.05) is 5.88 Å². The molecule has 0 radical (unpaired) electrons. The van der Waals surface area contributed by atoms with Gasteiger partial charge in [0.25, 0.3) is 0 Å². The highest BCUT2D eigenvalue weighted by atomic mass is 35.5. The first-order chi connectivity index (χ1) is 10.9. The maximum absolute atomic E-state index is 12.8. The van der Waals surface area contributed by atoms with Crippen LogP contribution in [0.5, 0.6) is 0 Å². The zero-order chi connectivity index (χ0) is 16.9. The summed E-state index contributed by atoms with van der Waals surface area (Å²) in [6.45, 7) is 0. The molecule has 0 aromatic heterocycles. The molecule has 2 rings (SSSR count). The molecular weight excluding hydrogens is 356 g/mol. The van der Waals surface area contributed by atoms with E-state index >= 15 is 0 Å². The third kappa shape index (κ3) is 3.94. The van der Waals surface area contributed by atoms with Gasteiger partial charge < -0.3 is 0 Å². The van der Waals surface area contributed by atoms with Crippen LogP contribution in [0.4, 0.5) is 0 Å². The zero-order valence-corrected chi connectivity index (χ0v) is 14.7. The fourth-order valence-corrected chi connectivity index (χ4v) is 7.03. The van der Waals surface area contributed by atoms with Gasteiger partial charge in [0.15, 0.2) is 24.3 Å². The van der Waals surface area contributed by atoms with Gasteiger partial charge in [-0.2, -0.15) is 0 Å². The Morgan fingerprint density at radius 2 is 1.13 bits per heavy atom. The largest absolute Gasteiger partial charge is 0.222 e. The number of sulfone groups is 2. The van der Waals surface area contributed by atoms with Crippen molar-refractivity contribution >= 4 is 31.3 Å². The average molecular weight is 373 g/mol. The molecule has 4 nitrogen and oxygen atoms in total. The number of rotatable bonds is 7. The third-order valence-electron chi connectivity index (χ3n) is 3.41. The summed E-state index contributed by atoms with van der Waals surface area (Å²) < 4.78 is 49.8. The molecule has 0 aliphatic carbocycles. The van der Waals surface area contributed by atoms with Crippen LogP contribution in [0.1, 0.15) is 12.8 Å². The van der Waals surface area contributed by atoms with Gasteiger partial charge in [0.1, 0.15) is 0 Å². The van der Waals surface area contributed by atoms with E-state index in [2.05, 4.69) is 0 Å². The predicted octanol–water partition coefficient (Wildman–Crippen LogP) is 3.28. The normalized spacial score (nSPS) is 12.4. The van der Waals surface area contributed by atoms with Crippen LogP contribution in [0.3, 0.4) is 0 Å². The Bertz CT molecular complexity index is 763. The Morgan fingerprint density at radius 3 is 1.48 bits per heavy atom. The highest BCUT2D eigenvalue weighted by Gasteiger charge is 2.39. The van der Waals surface area contributed by atoms with Gasteiger partial charge in [0.05, 0.1) is 9.79 Å². The molecule has 0 bridgehead atoms. The fourth-order valence-electron chi connectivity index (χ4n) is 2.24. The Balaban J connectivity index is 2.54. The molecule has 23 heavy (non-hydrogen) atoms. The van der Waals surface area contributed by atoms with E-state index in [1.54, 1.807) is 36.4 Å². The molecule has 0 spiro atoms. The summed E-state index contributed by atoms with van der Waals surface area (Å²) in [6, 6.07) is 15.3. The summed E-state index contributed by atoms with van der Waals surface area (Å²) in [5.74, 6) is 0.200. The molecule has 0 N–H and O–H groups in total. The smallest absolute Gasteiger partial charge is 0.195 e. The lowest BCUT2D eigenvalue weighted by atomic mass is 10.4. The van der Waals surface area contributed by atoms with E-state index in [9.17, 15) is 16.8 Å². The molecule has 7 heteroatoms. The van der Waals surface area contributed by atoms with Gasteiger partial charge in [-0.1, -0.05) is 36.4 Å². The zero-order valence-electron chi connectivity index (χ0n) is 12.3. The van der Waals surface area contributed by atoms with Crippen molar-refractivity contribution in [2.75, 3.05) is 5.88 Å². The predicted molar refractivity (Wildman–Crippen MR) is 91.0 cm³/mol. The Morgan fingerprint density at radius 1 is 0.739 bits per heavy atom. The van der Waals surface area contributed by atoms with Crippen LogP contribution >= 0.6 is 11.6 Å². The molecule has 0 aliphatic heterocycles. The Kier molecular flexibility index (Phi) is 5.84. The van der Waals surface area contributed by atoms with Crippen molar-refractivity contribution in [3.8, 4) is 0 Å². The molecule has 2 aromatic rings. The van der Waals surface area contributed by atoms with E-state index in [-0.39, 0.29) is 22.1 Å². The van der Waals surface area contributed by atoms with Gasteiger partial charge in [-0.25, -0.2) is 16.8 Å². The van der Waals surface area contributed by atoms with E-state index in [1.165, 1.54) is 24.3 Å². The van der Waals surface area contributed by atoms with E-state index in [4.69, 9.17) is 11.6 Å². The molecule has 0 heterocycles. The van der Waals surface area contributed by atoms with E-state index in [1.807, 2.05) is 0 Å². The first-order valence-corrected chi connectivity index (χ1v) is 10.7. The number of hydrogen-bond donors (Lipinski definition) is 0. The van der Waals surface area contributed by atoms with Crippen LogP contribution in [0.2, 0.25) is 0 Å². The van der Waals surface area contributed by atoms with Crippen LogP contribution in [0, 0.1) is 0 Å². The molecule has 2 aromatic carbocycles. The fraction of sp³-hybridized carbons (Fsp3) is 0.250. The van der Waals surface area contributed by atoms with Crippen molar-refractivity contribution in [1.29, 1.82) is 0 Å². The average Bonchev–Trinajstić information content (AvgIpc) is 2.56. The maximum atomic E-state index is 12.8. The molecule has 0 fully saturated rings. The van der Waals surface area contributed by atoms with Crippen LogP contribution in [0.25, 0.3) is 0 Å². The van der Waals surface area contributed by atoms with Crippen LogP contribution < -0.4 is 0 Å². The van der Waals surface area contributed by atoms with Gasteiger partial charge in [0.2, 0.25) is 0 Å². The summed E-state index contributed by atoms with van der Waals surface area (Å²) >= 11 is 5.65. The molecule has 0 saturated carbocycles. The number of alkyl halides is 1. The number of halogens is 1. The molecule has 0 amide bonds. The van der Waals surface area contributed by atoms with Crippen molar-refractivity contribution in [2.24, 2.45) is 0 Å². The highest BCUT2D eigenvalue weighted by molar-refractivity contribution is 8.09. The molecular formula is C16H17ClO4S2. The number of benzene rings is 2. The second-order valence-corrected chi connectivity index (χ2v) is 9.91. The van der Waals surface area contributed by atoms with E-state index in [0.717, 1.165) is 0 Å². The summed E-state index contributed by atoms with van der Waals surface area (Å²) in [4.78, 5) is -0.00171. The summed E-state index contributed by atoms with van der Waals surface area (Å²) in [5.41, 5.74) is 0. The standard InChI is InChI=1S/C16H17ClO4S2/c17-13-7-12-16(22(18,19)14-8-3-1-4-9-14)23(20,21)15-10-5-2-6-11-15/h1-6,8-11,16H,7,12-13H2. The SMILES string of the molecule is O=S(=O)(c1ccccc1)C(CCCCl)S(=O)(=O)c1ccccc1. The second kappa shape index (κ2) is 7.47. The maximum Gasteiger partial charge on any atom is 0.195 e. The van der Waals surface area contributed by atoms with Crippen molar-refractivity contribution in [3.05, 3.63) is 60.7 Å². The Labute approximate surface area is 142 Å². The minimum absolute atomic E-state index is 0.000853. The quantitative estimate of drug-likeness (QED) is 0.699. The minimum Gasteiger partial charge on any atom is -0.222 e. The first-order valence-electron chi connectivity index (χ1n) is 7.04. The highest BCUT2D eigenvalue weighted by Crippen LogP contribution is 2.28. The first kappa shape index (κ1) is 18.0. The topological polar surface area (TPSA) is 68.3 Å². The van der Waals surface area contributed by atoms with Crippen LogP contribution in [-0.4, -0.2) is 27.3 Å². The number of hydrogen-bond acceptors (Lipinski definition) is 4. The van der Waals surface area contributed by atoms with Crippen molar-refractivity contribution in [3.63, 3.8) is 0 Å². The lowest BCUT2D eigenvalue weighted by Gasteiger charge is -2.18. The Hall–Kier alpha value is -1.37. The monoisotopic (exact) mass is 372 g/mol. The van der Waals surface area contributed by atoms with Gasteiger partial charge in [-0.3, -0.25) is 0 Å². The molecule has 0 saturated heterocycles. The van der Waals surface area contributed by atoms with Gasteiger partial charge in [-0.15, -0.1) is 11.6 Å². The summed E-state index contributed by atoms with van der Waals surface area (Å²) in [7, 11) is -8.05. The third-order valence-corrected chi connectivity index (χ3v) is 8.91. The van der Waals surface area contributed by atoms with Crippen molar-refractivity contribution < 1.29 is 16.8 Å². The molecule has 0 atom stereocenters. The van der Waals surface area contributed by atoms with E-state index in [0.29, 0.717) is 6.42 Å². The van der Waals surface area contributed by atoms with Gasteiger partial charge >= 0.3 is 0 Å². The van der Waals surface area contributed by atoms with Crippen molar-refractivity contribution in [2.45, 2.75) is 27.2 Å². The molecule has 124 valence electrons. The molecule has 0 unspecified atom stereocenters. The minimum atomic E-state index is -4.03. The van der Waals surface area contributed by atoms with Crippen molar-refractivity contribution in [1.82, 2.24) is 0 Å². The van der Waals surface area contributed by atoms with Gasteiger partial charge in [-0.05, 0) is 37.1 Å². The van der Waals surface area contributed by atoms with Crippen LogP contribution in [0.15, 0.2) is 70.5 Å². The lowest BCUT2D eigenvalue weighted by molar-refractivity contribution is 0.567. The molecule has 0 aliphatic rings. The summed E-state index contributed by atoms with van der Waals surface area (Å²) in [5, 5.41) is 0. The summed E-state index contributed by atoms with van der Waals surface area (Å²) in [6.07, 6.45) is 0.252. The second-order valence-electron chi connectivity index (χ2n) is 4.98. The van der Waals surface area contributed by atoms with Crippen LogP contribution in [-0.2, 0) is 19.7 Å². The van der Waals surface area contributed by atoms with E-state index < -0.39 is 24.3 Å². The lowest BCUT2D eigenvalue weighted by Crippen LogP contribution is -2.31.